The Balaban J connectivity index is 1.90. The normalized spacial score (nSPS) is 13.6. The number of aromatic nitrogens is 5. The monoisotopic (exact) mass is 646 g/mol. The van der Waals surface area contributed by atoms with Crippen molar-refractivity contribution in [1.82, 2.24) is 35.6 Å². The van der Waals surface area contributed by atoms with Gasteiger partial charge in [0.25, 0.3) is 6.43 Å². The number of hydrogen-bond donors (Lipinski definition) is 3. The predicted molar refractivity (Wildman–Crippen MR) is 169 cm³/mol. The van der Waals surface area contributed by atoms with Crippen molar-refractivity contribution in [2.75, 3.05) is 68.0 Å². The van der Waals surface area contributed by atoms with Crippen LogP contribution in [0.25, 0.3) is 11.4 Å². The van der Waals surface area contributed by atoms with Gasteiger partial charge >= 0.3 is 0 Å². The summed E-state index contributed by atoms with van der Waals surface area (Å²) < 4.78 is 33.5. The van der Waals surface area contributed by atoms with Crippen molar-refractivity contribution < 1.29 is 27.9 Å². The molecule has 1 atom stereocenters. The number of alkyl halides is 2. The molecule has 0 aromatic carbocycles. The molecule has 0 aliphatic carbocycles. The topological polar surface area (TPSA) is 181 Å². The van der Waals surface area contributed by atoms with Crippen molar-refractivity contribution in [2.24, 2.45) is 5.92 Å². The highest BCUT2D eigenvalue weighted by molar-refractivity contribution is 5.90. The van der Waals surface area contributed by atoms with Gasteiger partial charge in [-0.15, -0.1) is 0 Å². The molecule has 3 heterocycles. The first-order valence-corrected chi connectivity index (χ1v) is 15.5. The van der Waals surface area contributed by atoms with Gasteiger partial charge in [-0.1, -0.05) is 18.4 Å². The maximum absolute atomic E-state index is 14.0. The van der Waals surface area contributed by atoms with Crippen LogP contribution in [0.5, 0.6) is 0 Å². The smallest absolute Gasteiger partial charge is 0.281 e. The van der Waals surface area contributed by atoms with Crippen LogP contribution in [0.4, 0.5) is 26.6 Å². The summed E-state index contributed by atoms with van der Waals surface area (Å²) in [4.78, 5) is 59.4. The lowest BCUT2D eigenvalue weighted by molar-refractivity contribution is -0.115. The number of carbonyl (C=O) groups is 3. The van der Waals surface area contributed by atoms with E-state index in [4.69, 9.17) is 15.5 Å². The number of allylic oxidation sites excluding steroid dienone is 2. The number of hydrogen-bond acceptors (Lipinski definition) is 12. The summed E-state index contributed by atoms with van der Waals surface area (Å²) in [5, 5.41) is 5.38. The van der Waals surface area contributed by atoms with Crippen molar-refractivity contribution in [3.63, 3.8) is 0 Å². The molecule has 0 bridgehead atoms. The minimum atomic E-state index is -2.95. The number of carbonyl (C=O) groups excluding carboxylic acids is 3. The average molecular weight is 647 g/mol. The van der Waals surface area contributed by atoms with Crippen LogP contribution >= 0.6 is 0 Å². The van der Waals surface area contributed by atoms with Crippen LogP contribution in [0.2, 0.25) is 0 Å². The summed E-state index contributed by atoms with van der Waals surface area (Å²) in [5.41, 5.74) is 5.93. The summed E-state index contributed by atoms with van der Waals surface area (Å²) in [6, 6.07) is 0. The number of ether oxygens (including phenoxy) is 1. The molecule has 1 aliphatic rings. The molecule has 16 heteroatoms. The Kier molecular flexibility index (Phi) is 15.1. The average Bonchev–Trinajstić information content (AvgIpc) is 3.04. The maximum atomic E-state index is 14.0. The van der Waals surface area contributed by atoms with Crippen molar-refractivity contribution in [1.29, 1.82) is 0 Å². The molecule has 1 fully saturated rings. The highest BCUT2D eigenvalue weighted by Crippen LogP contribution is 2.30. The van der Waals surface area contributed by atoms with E-state index in [-0.39, 0.29) is 41.5 Å². The van der Waals surface area contributed by atoms with Crippen LogP contribution in [0.3, 0.4) is 0 Å². The number of nitrogens with one attached hydrogen (secondary N) is 2. The van der Waals surface area contributed by atoms with Gasteiger partial charge in [0.15, 0.2) is 11.6 Å². The van der Waals surface area contributed by atoms with Gasteiger partial charge in [-0.2, -0.15) is 15.0 Å². The fourth-order valence-corrected chi connectivity index (χ4v) is 5.08. The molecule has 3 rings (SSSR count). The molecule has 0 spiro atoms. The highest BCUT2D eigenvalue weighted by Gasteiger charge is 2.25. The first-order chi connectivity index (χ1) is 22.2. The largest absolute Gasteiger partial charge is 0.378 e. The molecule has 252 valence electrons. The number of nitrogens with two attached hydrogens (primary N) is 1. The molecular formula is C30H44F2N10O4. The number of halogens is 2. The maximum Gasteiger partial charge on any atom is 0.281 e. The van der Waals surface area contributed by atoms with Gasteiger partial charge in [-0.3, -0.25) is 14.4 Å². The Morgan fingerprint density at radius 1 is 1.02 bits per heavy atom. The second kappa shape index (κ2) is 19.2. The Morgan fingerprint density at radius 3 is 2.46 bits per heavy atom. The molecule has 1 saturated heterocycles. The van der Waals surface area contributed by atoms with Gasteiger partial charge in [0.05, 0.1) is 18.8 Å². The quantitative estimate of drug-likeness (QED) is 0.103. The zero-order chi connectivity index (χ0) is 33.3. The van der Waals surface area contributed by atoms with E-state index in [1.807, 2.05) is 23.6 Å². The summed E-state index contributed by atoms with van der Waals surface area (Å²) in [6.45, 7) is 7.28. The molecule has 46 heavy (non-hydrogen) atoms. The van der Waals surface area contributed by atoms with E-state index in [2.05, 4.69) is 30.6 Å². The third-order valence-electron chi connectivity index (χ3n) is 7.41. The van der Waals surface area contributed by atoms with E-state index in [0.717, 1.165) is 31.3 Å². The Hall–Kier alpha value is -4.34. The molecule has 4 N–H and O–H groups in total. The lowest BCUT2D eigenvalue weighted by Gasteiger charge is -2.29. The summed E-state index contributed by atoms with van der Waals surface area (Å²) in [6.07, 6.45) is 5.48. The number of nitrogen functional groups attached to an aromatic ring is 1. The summed E-state index contributed by atoms with van der Waals surface area (Å²) in [7, 11) is 0. The lowest BCUT2D eigenvalue weighted by Crippen LogP contribution is -2.39. The zero-order valence-electron chi connectivity index (χ0n) is 26.5. The fourth-order valence-electron chi connectivity index (χ4n) is 5.08. The summed E-state index contributed by atoms with van der Waals surface area (Å²) >= 11 is 0. The number of morpholine rings is 1. The van der Waals surface area contributed by atoms with Crippen LogP contribution in [0.1, 0.15) is 64.5 Å². The molecule has 1 aliphatic heterocycles. The van der Waals surface area contributed by atoms with Gasteiger partial charge < -0.3 is 30.9 Å². The second-order valence-electron chi connectivity index (χ2n) is 11.2. The molecule has 1 unspecified atom stereocenters. The minimum Gasteiger partial charge on any atom is -0.378 e. The molecule has 2 aromatic heterocycles. The van der Waals surface area contributed by atoms with Crippen molar-refractivity contribution in [3.05, 3.63) is 23.5 Å². The molecule has 2 amide bonds. The van der Waals surface area contributed by atoms with Gasteiger partial charge in [-0.05, 0) is 45.1 Å². The van der Waals surface area contributed by atoms with Gasteiger partial charge in [0.1, 0.15) is 5.69 Å². The van der Waals surface area contributed by atoms with Crippen molar-refractivity contribution in [3.8, 4) is 11.4 Å². The van der Waals surface area contributed by atoms with E-state index in [0.29, 0.717) is 77.5 Å². The van der Waals surface area contributed by atoms with Crippen LogP contribution in [-0.4, -0.2) is 96.0 Å². The standard InChI is InChI=1S/C30H44F2N10O4/c1-21(2)17-23(45)6-4-3-5-22(7-9-34-19-43)8-11-41(12-10-35-20-44)29-38-27(24-18-36-28(33)37-25(24)26(31)32)39-30(40-29)42-13-15-46-16-14-42/h17-20,22,26H,3-16H2,1-2H3,(H,34,43)(H,35,44)(H2,33,36,37). The number of unbranched alkanes of at least 4 members (excludes halogenated alkanes) is 1. The fraction of sp³-hybridized carbons (Fsp3) is 0.600. The van der Waals surface area contributed by atoms with Gasteiger partial charge in [-0.25, -0.2) is 18.7 Å². The molecule has 2 aromatic rings. The third kappa shape index (κ3) is 11.9. The SMILES string of the molecule is CC(C)=CC(=O)CCCCC(CCNC=O)CCN(CCNC=O)c1nc(-c2cnc(N)nc2C(F)F)nc(N2CCOCC2)n1. The minimum absolute atomic E-state index is 0.0251. The number of nitrogens with zero attached hydrogens (tertiary/aromatic N) is 7. The van der Waals surface area contributed by atoms with E-state index < -0.39 is 12.1 Å². The van der Waals surface area contributed by atoms with E-state index in [9.17, 15) is 23.2 Å². The third-order valence-corrected chi connectivity index (χ3v) is 7.41. The van der Waals surface area contributed by atoms with Crippen LogP contribution in [0.15, 0.2) is 17.8 Å². The molecule has 0 radical (unpaired) electrons. The molecule has 0 saturated carbocycles. The number of ketones is 1. The second-order valence-corrected chi connectivity index (χ2v) is 11.2. The number of rotatable bonds is 21. The predicted octanol–water partition coefficient (Wildman–Crippen LogP) is 2.48. The first-order valence-electron chi connectivity index (χ1n) is 15.5. The van der Waals surface area contributed by atoms with Crippen LogP contribution in [0, 0.1) is 5.92 Å². The van der Waals surface area contributed by atoms with Crippen molar-refractivity contribution in [2.45, 2.75) is 58.8 Å². The zero-order valence-corrected chi connectivity index (χ0v) is 26.5. The molecular weight excluding hydrogens is 602 g/mol. The van der Waals surface area contributed by atoms with E-state index in [1.165, 1.54) is 6.20 Å². The lowest BCUT2D eigenvalue weighted by atomic mass is 9.93. The Labute approximate surface area is 267 Å². The van der Waals surface area contributed by atoms with Crippen LogP contribution < -0.4 is 26.2 Å². The van der Waals surface area contributed by atoms with Gasteiger partial charge in [0.2, 0.25) is 30.7 Å². The van der Waals surface area contributed by atoms with Crippen LogP contribution in [-0.2, 0) is 19.1 Å². The first kappa shape index (κ1) is 36.1. The molecule has 14 nitrogen and oxygen atoms in total. The van der Waals surface area contributed by atoms with E-state index in [1.54, 1.807) is 6.08 Å². The summed E-state index contributed by atoms with van der Waals surface area (Å²) in [5.74, 6) is 0.525. The number of amides is 2. The van der Waals surface area contributed by atoms with E-state index >= 15 is 0 Å². The Bertz CT molecular complexity index is 1310. The van der Waals surface area contributed by atoms with Crippen molar-refractivity contribution >= 4 is 36.4 Å². The van der Waals surface area contributed by atoms with Gasteiger partial charge in [0, 0.05) is 51.9 Å². The number of anilines is 3. The Morgan fingerprint density at radius 2 is 1.76 bits per heavy atom. The highest BCUT2D eigenvalue weighted by atomic mass is 19.3.